The van der Waals surface area contributed by atoms with Crippen LogP contribution in [-0.2, 0) is 0 Å². The van der Waals surface area contributed by atoms with Gasteiger partial charge >= 0.3 is 0 Å². The minimum atomic E-state index is -0.504. The topological polar surface area (TPSA) is 71.8 Å². The number of fused-ring (bicyclic) bond motifs is 1. The van der Waals surface area contributed by atoms with E-state index in [0.717, 1.165) is 5.39 Å². The van der Waals surface area contributed by atoms with Crippen LogP contribution in [0.3, 0.4) is 0 Å². The van der Waals surface area contributed by atoms with E-state index < -0.39 is 5.91 Å². The van der Waals surface area contributed by atoms with Crippen molar-refractivity contribution in [3.63, 3.8) is 0 Å². The highest BCUT2D eigenvalue weighted by Gasteiger charge is 2.10. The van der Waals surface area contributed by atoms with Crippen LogP contribution in [-0.4, -0.2) is 15.9 Å². The number of carbonyl (C=O) groups excluding carboxylic acids is 1. The fourth-order valence-electron chi connectivity index (χ4n) is 1.08. The molecular formula is C8H5BrN3O. The molecule has 0 bridgehead atoms. The van der Waals surface area contributed by atoms with Gasteiger partial charge in [-0.25, -0.2) is 4.98 Å². The third-order valence-corrected chi connectivity index (χ3v) is 2.53. The fraction of sp³-hybridized carbons (Fsp3) is 0. The van der Waals surface area contributed by atoms with Gasteiger partial charge in [0.25, 0.3) is 5.91 Å². The molecule has 0 saturated heterocycles. The van der Waals surface area contributed by atoms with Gasteiger partial charge in [-0.1, -0.05) is 0 Å². The van der Waals surface area contributed by atoms with Crippen molar-refractivity contribution in [1.82, 2.24) is 9.97 Å². The summed E-state index contributed by atoms with van der Waals surface area (Å²) in [7, 11) is 0. The molecule has 0 aliphatic heterocycles. The van der Waals surface area contributed by atoms with E-state index in [1.165, 1.54) is 6.20 Å². The van der Waals surface area contributed by atoms with Crippen LogP contribution in [0.1, 0.15) is 10.4 Å². The second-order valence-corrected chi connectivity index (χ2v) is 3.30. The van der Waals surface area contributed by atoms with E-state index in [1.807, 2.05) is 0 Å². The Kier molecular flexibility index (Phi) is 1.81. The van der Waals surface area contributed by atoms with Crippen molar-refractivity contribution in [2.45, 2.75) is 0 Å². The van der Waals surface area contributed by atoms with E-state index in [9.17, 15) is 4.79 Å². The van der Waals surface area contributed by atoms with Crippen molar-refractivity contribution in [2.24, 2.45) is 5.73 Å². The van der Waals surface area contributed by atoms with Gasteiger partial charge in [-0.05, 0) is 15.9 Å². The number of nitrogens with two attached hydrogens (primary N) is 1. The number of halogens is 1. The molecule has 1 radical (unpaired) electrons. The molecule has 2 aromatic heterocycles. The van der Waals surface area contributed by atoms with Crippen LogP contribution in [0.2, 0.25) is 0 Å². The summed E-state index contributed by atoms with van der Waals surface area (Å²) >= 11 is 3.27. The Morgan fingerprint density at radius 1 is 1.69 bits per heavy atom. The quantitative estimate of drug-likeness (QED) is 0.785. The number of hydrogen-bond acceptors (Lipinski definition) is 2. The van der Waals surface area contributed by atoms with Crippen LogP contribution in [0.4, 0.5) is 0 Å². The molecule has 0 unspecified atom stereocenters. The first-order valence-corrected chi connectivity index (χ1v) is 4.32. The Balaban J connectivity index is 2.80. The zero-order valence-corrected chi connectivity index (χ0v) is 8.05. The summed E-state index contributed by atoms with van der Waals surface area (Å²) in [5.41, 5.74) is 6.18. The van der Waals surface area contributed by atoms with Crippen molar-refractivity contribution >= 4 is 32.9 Å². The molecule has 0 atom stereocenters. The molecule has 1 amide bonds. The number of primary amides is 1. The number of nitrogens with zero attached hydrogens (tertiary/aromatic N) is 1. The van der Waals surface area contributed by atoms with Gasteiger partial charge in [0.2, 0.25) is 0 Å². The molecule has 2 aromatic rings. The minimum Gasteiger partial charge on any atom is -0.366 e. The van der Waals surface area contributed by atoms with Crippen LogP contribution in [0.15, 0.2) is 16.9 Å². The van der Waals surface area contributed by atoms with Gasteiger partial charge < -0.3 is 10.7 Å². The van der Waals surface area contributed by atoms with Gasteiger partial charge in [0.1, 0.15) is 5.65 Å². The molecule has 4 nitrogen and oxygen atoms in total. The average Bonchev–Trinajstić information content (AvgIpc) is 2.52. The molecule has 0 spiro atoms. The lowest BCUT2D eigenvalue weighted by atomic mass is 10.2. The second-order valence-electron chi connectivity index (χ2n) is 2.51. The first-order chi connectivity index (χ1) is 6.20. The van der Waals surface area contributed by atoms with E-state index >= 15 is 0 Å². The maximum atomic E-state index is 10.9. The highest BCUT2D eigenvalue weighted by Crippen LogP contribution is 2.24. The number of hydrogen-bond donors (Lipinski definition) is 2. The Morgan fingerprint density at radius 3 is 3.15 bits per heavy atom. The third-order valence-electron chi connectivity index (χ3n) is 1.71. The Labute approximate surface area is 82.3 Å². The summed E-state index contributed by atoms with van der Waals surface area (Å²) in [4.78, 5) is 17.8. The monoisotopic (exact) mass is 238 g/mol. The molecule has 0 aromatic carbocycles. The van der Waals surface area contributed by atoms with E-state index in [0.29, 0.717) is 15.7 Å². The second kappa shape index (κ2) is 2.85. The van der Waals surface area contributed by atoms with Crippen LogP contribution in [0.5, 0.6) is 0 Å². The van der Waals surface area contributed by atoms with Crippen molar-refractivity contribution < 1.29 is 4.79 Å². The van der Waals surface area contributed by atoms with Crippen molar-refractivity contribution in [3.8, 4) is 0 Å². The average molecular weight is 239 g/mol. The lowest BCUT2D eigenvalue weighted by molar-refractivity contribution is 0.0999. The molecule has 5 heteroatoms. The molecule has 0 aliphatic rings. The van der Waals surface area contributed by atoms with Gasteiger partial charge in [0.05, 0.1) is 5.56 Å². The SMILES string of the molecule is NC(=O)c1cnc2[nH]c[c]c2c1Br. The molecule has 13 heavy (non-hydrogen) atoms. The third kappa shape index (κ3) is 1.21. The smallest absolute Gasteiger partial charge is 0.251 e. The summed E-state index contributed by atoms with van der Waals surface area (Å²) in [6.07, 6.45) is 3.06. The predicted molar refractivity (Wildman–Crippen MR) is 51.1 cm³/mol. The molecule has 2 heterocycles. The van der Waals surface area contributed by atoms with E-state index in [2.05, 4.69) is 32.0 Å². The van der Waals surface area contributed by atoms with Crippen LogP contribution >= 0.6 is 15.9 Å². The van der Waals surface area contributed by atoms with Crippen LogP contribution in [0.25, 0.3) is 11.0 Å². The van der Waals surface area contributed by atoms with E-state index in [-0.39, 0.29) is 0 Å². The zero-order valence-electron chi connectivity index (χ0n) is 6.47. The zero-order chi connectivity index (χ0) is 9.42. The Bertz CT molecular complexity index is 477. The summed E-state index contributed by atoms with van der Waals surface area (Å²) in [6.45, 7) is 0. The van der Waals surface area contributed by atoms with Gasteiger partial charge in [-0.3, -0.25) is 4.79 Å². The Hall–Kier alpha value is -1.36. The van der Waals surface area contributed by atoms with Crippen LogP contribution < -0.4 is 5.73 Å². The lowest BCUT2D eigenvalue weighted by Crippen LogP contribution is -2.12. The highest BCUT2D eigenvalue weighted by molar-refractivity contribution is 9.10. The molecule has 65 valence electrons. The number of nitrogens with one attached hydrogen (secondary N) is 1. The molecular weight excluding hydrogens is 234 g/mol. The number of pyridine rings is 1. The summed E-state index contributed by atoms with van der Waals surface area (Å²) < 4.78 is 0.631. The largest absolute Gasteiger partial charge is 0.366 e. The maximum Gasteiger partial charge on any atom is 0.251 e. The van der Waals surface area contributed by atoms with Crippen molar-refractivity contribution in [1.29, 1.82) is 0 Å². The van der Waals surface area contributed by atoms with Gasteiger partial charge in [0, 0.05) is 28.3 Å². The van der Waals surface area contributed by atoms with E-state index in [4.69, 9.17) is 5.73 Å². The molecule has 3 N–H and O–H groups in total. The lowest BCUT2D eigenvalue weighted by Gasteiger charge is -1.99. The molecule has 0 saturated carbocycles. The predicted octanol–water partition coefficient (Wildman–Crippen LogP) is 1.22. The number of aromatic nitrogens is 2. The number of aromatic amines is 1. The first kappa shape index (κ1) is 8.25. The molecule has 0 aliphatic carbocycles. The van der Waals surface area contributed by atoms with Gasteiger partial charge in [-0.15, -0.1) is 0 Å². The molecule has 2 rings (SSSR count). The standard InChI is InChI=1S/C8H5BrN3O/c9-6-4-1-2-11-8(4)12-3-5(6)7(10)13/h2-3H,(H2,10,13)(H,11,12). The fourth-order valence-corrected chi connectivity index (χ4v) is 1.68. The summed E-state index contributed by atoms with van der Waals surface area (Å²) in [5, 5.41) is 0.733. The van der Waals surface area contributed by atoms with Gasteiger partial charge in [-0.2, -0.15) is 0 Å². The molecule has 0 fully saturated rings. The van der Waals surface area contributed by atoms with E-state index in [1.54, 1.807) is 6.20 Å². The number of H-pyrrole nitrogens is 1. The van der Waals surface area contributed by atoms with Crippen molar-refractivity contribution in [3.05, 3.63) is 28.5 Å². The number of rotatable bonds is 1. The summed E-state index contributed by atoms with van der Waals surface area (Å²) in [5.74, 6) is -0.504. The highest BCUT2D eigenvalue weighted by atomic mass is 79.9. The normalized spacial score (nSPS) is 10.5. The maximum absolute atomic E-state index is 10.9. The summed E-state index contributed by atoms with van der Waals surface area (Å²) in [6, 6.07) is 2.91. The van der Waals surface area contributed by atoms with Crippen LogP contribution in [0, 0.1) is 6.07 Å². The first-order valence-electron chi connectivity index (χ1n) is 3.53. The number of amides is 1. The number of carbonyl (C=O) groups is 1. The van der Waals surface area contributed by atoms with Crippen molar-refractivity contribution in [2.75, 3.05) is 0 Å². The Morgan fingerprint density at radius 2 is 2.46 bits per heavy atom. The minimum absolute atomic E-state index is 0.364. The van der Waals surface area contributed by atoms with Gasteiger partial charge in [0.15, 0.2) is 0 Å².